The average molecular weight is 358 g/mol. The van der Waals surface area contributed by atoms with E-state index in [1.54, 1.807) is 48.5 Å². The van der Waals surface area contributed by atoms with Crippen LogP contribution in [-0.4, -0.2) is 15.7 Å². The molecule has 0 amide bonds. The summed E-state index contributed by atoms with van der Waals surface area (Å²) in [6, 6.07) is 13.7. The molecule has 0 radical (unpaired) electrons. The highest BCUT2D eigenvalue weighted by Crippen LogP contribution is 2.15. The van der Waals surface area contributed by atoms with Crippen molar-refractivity contribution in [1.29, 1.82) is 0 Å². The Morgan fingerprint density at radius 3 is 2.21 bits per heavy atom. The third kappa shape index (κ3) is 4.00. The zero-order chi connectivity index (χ0) is 13.8. The Balaban J connectivity index is 2.08. The van der Waals surface area contributed by atoms with Gasteiger partial charge in [-0.1, -0.05) is 39.7 Å². The molecule has 0 heterocycles. The van der Waals surface area contributed by atoms with Crippen molar-refractivity contribution in [1.82, 2.24) is 0 Å². The maximum atomic E-state index is 12.0. The predicted octanol–water partition coefficient (Wildman–Crippen LogP) is 4.09. The van der Waals surface area contributed by atoms with E-state index in [-0.39, 0.29) is 11.5 Å². The van der Waals surface area contributed by atoms with Crippen LogP contribution in [0.2, 0.25) is 5.02 Å². The molecule has 0 saturated heterocycles. The van der Waals surface area contributed by atoms with Gasteiger partial charge >= 0.3 is 0 Å². The number of benzene rings is 2. The van der Waals surface area contributed by atoms with Crippen LogP contribution in [0.3, 0.4) is 0 Å². The molecule has 1 atom stereocenters. The van der Waals surface area contributed by atoms with Gasteiger partial charge < -0.3 is 0 Å². The van der Waals surface area contributed by atoms with E-state index in [0.29, 0.717) is 15.5 Å². The van der Waals surface area contributed by atoms with E-state index in [1.165, 1.54) is 0 Å². The molecule has 2 aromatic carbocycles. The predicted molar refractivity (Wildman–Crippen MR) is 81.2 cm³/mol. The minimum Gasteiger partial charge on any atom is -0.293 e. The lowest BCUT2D eigenvalue weighted by Crippen LogP contribution is -2.10. The summed E-state index contributed by atoms with van der Waals surface area (Å²) in [6.45, 7) is 0. The largest absolute Gasteiger partial charge is 0.293 e. The van der Waals surface area contributed by atoms with Gasteiger partial charge in [0.05, 0.1) is 16.6 Å². The number of hydrogen-bond donors (Lipinski definition) is 0. The first-order valence-corrected chi connectivity index (χ1v) is 7.98. The van der Waals surface area contributed by atoms with E-state index >= 15 is 0 Å². The Bertz CT molecular complexity index is 553. The Labute approximate surface area is 127 Å². The molecule has 0 N–H and O–H groups in total. The lowest BCUT2D eigenvalue weighted by Gasteiger charge is -2.03. The maximum absolute atomic E-state index is 12.0. The number of rotatable bonds is 4. The van der Waals surface area contributed by atoms with Crippen LogP contribution < -0.4 is 0 Å². The Kier molecular flexibility index (Phi) is 4.91. The lowest BCUT2D eigenvalue weighted by molar-refractivity contribution is 0.102. The van der Waals surface area contributed by atoms with Crippen LogP contribution in [-0.2, 0) is 10.8 Å². The molecule has 0 aliphatic carbocycles. The van der Waals surface area contributed by atoms with Gasteiger partial charge in [0.1, 0.15) is 0 Å². The van der Waals surface area contributed by atoms with E-state index in [1.807, 2.05) is 0 Å². The minimum absolute atomic E-state index is 0.0245. The quantitative estimate of drug-likeness (QED) is 0.772. The van der Waals surface area contributed by atoms with Crippen molar-refractivity contribution in [2.45, 2.75) is 4.90 Å². The second-order valence-electron chi connectivity index (χ2n) is 3.87. The molecule has 1 unspecified atom stereocenters. The van der Waals surface area contributed by atoms with Crippen LogP contribution in [0, 0.1) is 0 Å². The molecule has 5 heteroatoms. The molecule has 0 bridgehead atoms. The summed E-state index contributed by atoms with van der Waals surface area (Å²) in [5.41, 5.74) is 0.561. The first kappa shape index (κ1) is 14.4. The molecule has 2 nitrogen and oxygen atoms in total. The van der Waals surface area contributed by atoms with Crippen molar-refractivity contribution < 1.29 is 9.00 Å². The van der Waals surface area contributed by atoms with Crippen molar-refractivity contribution in [2.75, 3.05) is 5.75 Å². The second-order valence-corrected chi connectivity index (χ2v) is 6.68. The van der Waals surface area contributed by atoms with Gasteiger partial charge in [0.15, 0.2) is 5.78 Å². The summed E-state index contributed by atoms with van der Waals surface area (Å²) in [7, 11) is -1.35. The number of Topliss-reactive ketones (excluding diaryl/α,β-unsaturated/α-hetero) is 1. The first-order chi connectivity index (χ1) is 9.06. The van der Waals surface area contributed by atoms with Crippen LogP contribution >= 0.6 is 27.5 Å². The van der Waals surface area contributed by atoms with E-state index in [2.05, 4.69) is 15.9 Å². The fourth-order valence-corrected chi connectivity index (χ4v) is 2.91. The molecule has 98 valence electrons. The molecule has 0 aromatic heterocycles. The van der Waals surface area contributed by atoms with Gasteiger partial charge in [-0.25, -0.2) is 0 Å². The van der Waals surface area contributed by atoms with Crippen LogP contribution in [0.5, 0.6) is 0 Å². The van der Waals surface area contributed by atoms with Gasteiger partial charge in [0.2, 0.25) is 0 Å². The standard InChI is InChI=1S/C14H10BrClO2S/c15-11-3-1-10(2-4-11)14(17)9-19(18)13-7-5-12(16)6-8-13/h1-8H,9H2. The molecular weight excluding hydrogens is 348 g/mol. The van der Waals surface area contributed by atoms with Gasteiger partial charge in [-0.05, 0) is 36.4 Å². The topological polar surface area (TPSA) is 34.1 Å². The summed E-state index contributed by atoms with van der Waals surface area (Å²) >= 11 is 9.07. The Morgan fingerprint density at radius 1 is 1.05 bits per heavy atom. The van der Waals surface area contributed by atoms with Crippen LogP contribution in [0.15, 0.2) is 57.9 Å². The fraction of sp³-hybridized carbons (Fsp3) is 0.0714. The number of carbonyl (C=O) groups excluding carboxylic acids is 1. The van der Waals surface area contributed by atoms with Gasteiger partial charge in [-0.2, -0.15) is 0 Å². The minimum atomic E-state index is -1.35. The van der Waals surface area contributed by atoms with Crippen LogP contribution in [0.25, 0.3) is 0 Å². The van der Waals surface area contributed by atoms with Gasteiger partial charge in [-0.15, -0.1) is 0 Å². The first-order valence-electron chi connectivity index (χ1n) is 5.49. The Hall–Kier alpha value is -0.970. The highest BCUT2D eigenvalue weighted by atomic mass is 79.9. The summed E-state index contributed by atoms with van der Waals surface area (Å²) in [6.07, 6.45) is 0. The summed E-state index contributed by atoms with van der Waals surface area (Å²) in [5.74, 6) is -0.163. The van der Waals surface area contributed by atoms with Crippen molar-refractivity contribution in [3.8, 4) is 0 Å². The number of halogens is 2. The number of hydrogen-bond acceptors (Lipinski definition) is 2. The highest BCUT2D eigenvalue weighted by Gasteiger charge is 2.12. The fourth-order valence-electron chi connectivity index (χ4n) is 1.51. The zero-order valence-corrected chi connectivity index (χ0v) is 13.0. The monoisotopic (exact) mass is 356 g/mol. The molecule has 0 fully saturated rings. The smallest absolute Gasteiger partial charge is 0.175 e. The van der Waals surface area contributed by atoms with Gasteiger partial charge in [0, 0.05) is 20.0 Å². The highest BCUT2D eigenvalue weighted by molar-refractivity contribution is 9.10. The number of ketones is 1. The number of carbonyl (C=O) groups is 1. The molecule has 2 rings (SSSR count). The maximum Gasteiger partial charge on any atom is 0.175 e. The molecule has 0 aliphatic heterocycles. The Morgan fingerprint density at radius 2 is 1.63 bits per heavy atom. The van der Waals surface area contributed by atoms with Crippen molar-refractivity contribution in [3.63, 3.8) is 0 Å². The van der Waals surface area contributed by atoms with E-state index in [9.17, 15) is 9.00 Å². The van der Waals surface area contributed by atoms with E-state index < -0.39 is 10.8 Å². The average Bonchev–Trinajstić information content (AvgIpc) is 2.40. The van der Waals surface area contributed by atoms with Crippen molar-refractivity contribution in [2.24, 2.45) is 0 Å². The van der Waals surface area contributed by atoms with Crippen LogP contribution in [0.1, 0.15) is 10.4 Å². The van der Waals surface area contributed by atoms with Gasteiger partial charge in [-0.3, -0.25) is 9.00 Å². The second kappa shape index (κ2) is 6.46. The lowest BCUT2D eigenvalue weighted by atomic mass is 10.2. The molecule has 0 saturated carbocycles. The summed E-state index contributed by atoms with van der Waals surface area (Å²) in [4.78, 5) is 12.6. The van der Waals surface area contributed by atoms with E-state index in [0.717, 1.165) is 4.47 Å². The third-order valence-electron chi connectivity index (χ3n) is 2.50. The molecule has 0 spiro atoms. The third-order valence-corrected chi connectivity index (χ3v) is 4.61. The molecule has 19 heavy (non-hydrogen) atoms. The van der Waals surface area contributed by atoms with Gasteiger partial charge in [0.25, 0.3) is 0 Å². The zero-order valence-electron chi connectivity index (χ0n) is 9.81. The molecule has 0 aliphatic rings. The van der Waals surface area contributed by atoms with Crippen molar-refractivity contribution >= 4 is 44.1 Å². The molecule has 2 aromatic rings. The van der Waals surface area contributed by atoms with Crippen LogP contribution in [0.4, 0.5) is 0 Å². The van der Waals surface area contributed by atoms with E-state index in [4.69, 9.17) is 11.6 Å². The normalized spacial score (nSPS) is 12.1. The SMILES string of the molecule is O=C(CS(=O)c1ccc(Cl)cc1)c1ccc(Br)cc1. The summed E-state index contributed by atoms with van der Waals surface area (Å²) < 4.78 is 13.0. The van der Waals surface area contributed by atoms with Crippen molar-refractivity contribution in [3.05, 3.63) is 63.6 Å². The molecular formula is C14H10BrClO2S. The summed E-state index contributed by atoms with van der Waals surface area (Å²) in [5, 5.41) is 0.583.